The third kappa shape index (κ3) is 8.34. The molecule has 0 radical (unpaired) electrons. The lowest BCUT2D eigenvalue weighted by molar-refractivity contribution is -0.147. The monoisotopic (exact) mass is 653 g/mol. The summed E-state index contributed by atoms with van der Waals surface area (Å²) in [4.78, 5) is 23.2. The lowest BCUT2D eigenvalue weighted by Crippen LogP contribution is -2.43. The summed E-state index contributed by atoms with van der Waals surface area (Å²) in [5.41, 5.74) is -2.04. The van der Waals surface area contributed by atoms with Crippen molar-refractivity contribution in [2.24, 2.45) is 11.3 Å². The van der Waals surface area contributed by atoms with Crippen LogP contribution < -0.4 is 10.0 Å². The Bertz CT molecular complexity index is 1480. The molecule has 0 bridgehead atoms. The largest absolute Gasteiger partial charge is 0.481 e. The SMILES string of the molecule is Cc1c(C(=O)NCCC(C)(C)C(=O)O)cc(-c2ccc(S(=O)(=O)NC(C)C(F)(F)F)c(C(F)(F)F)c2)n1CC1CCCCC1. The van der Waals surface area contributed by atoms with E-state index in [1.54, 1.807) is 11.5 Å². The maximum absolute atomic E-state index is 14.2. The molecule has 246 valence electrons. The number of hydrogen-bond acceptors (Lipinski definition) is 4. The number of nitrogens with zero attached hydrogens (tertiary/aromatic N) is 1. The number of aliphatic carboxylic acids is 1. The van der Waals surface area contributed by atoms with Crippen molar-refractivity contribution >= 4 is 21.9 Å². The zero-order valence-corrected chi connectivity index (χ0v) is 25.6. The molecular formula is C29H37F6N3O5S. The van der Waals surface area contributed by atoms with Crippen LogP contribution >= 0.6 is 0 Å². The minimum absolute atomic E-state index is 0.0227. The van der Waals surface area contributed by atoms with Crippen molar-refractivity contribution in [1.29, 1.82) is 0 Å². The van der Waals surface area contributed by atoms with E-state index in [0.29, 0.717) is 31.3 Å². The predicted octanol–water partition coefficient (Wildman–Crippen LogP) is 6.52. The molecule has 1 atom stereocenters. The topological polar surface area (TPSA) is 118 Å². The van der Waals surface area contributed by atoms with E-state index in [1.807, 2.05) is 0 Å². The van der Waals surface area contributed by atoms with Gasteiger partial charge in [-0.1, -0.05) is 25.3 Å². The Hall–Kier alpha value is -3.07. The smallest absolute Gasteiger partial charge is 0.417 e. The highest BCUT2D eigenvalue weighted by Crippen LogP contribution is 2.39. The second-order valence-electron chi connectivity index (χ2n) is 11.9. The highest BCUT2D eigenvalue weighted by Gasteiger charge is 2.42. The summed E-state index contributed by atoms with van der Waals surface area (Å²) in [7, 11) is -5.24. The van der Waals surface area contributed by atoms with Crippen molar-refractivity contribution in [3.8, 4) is 11.3 Å². The molecule has 1 unspecified atom stereocenters. The van der Waals surface area contributed by atoms with Crippen LogP contribution in [0.2, 0.25) is 0 Å². The van der Waals surface area contributed by atoms with Crippen LogP contribution in [0, 0.1) is 18.3 Å². The summed E-state index contributed by atoms with van der Waals surface area (Å²) in [6, 6.07) is 1.01. The number of aromatic nitrogens is 1. The number of rotatable bonds is 11. The van der Waals surface area contributed by atoms with Gasteiger partial charge >= 0.3 is 18.3 Å². The summed E-state index contributed by atoms with van der Waals surface area (Å²) in [6.45, 7) is 5.53. The van der Waals surface area contributed by atoms with Gasteiger partial charge in [0, 0.05) is 24.5 Å². The van der Waals surface area contributed by atoms with Gasteiger partial charge < -0.3 is 15.0 Å². The second kappa shape index (κ2) is 13.1. The van der Waals surface area contributed by atoms with Gasteiger partial charge in [0.1, 0.15) is 6.04 Å². The van der Waals surface area contributed by atoms with E-state index in [-0.39, 0.29) is 35.7 Å². The van der Waals surface area contributed by atoms with Crippen LogP contribution in [0.25, 0.3) is 11.3 Å². The first kappa shape index (κ1) is 35.4. The third-order valence-electron chi connectivity index (χ3n) is 8.08. The van der Waals surface area contributed by atoms with Gasteiger partial charge in [-0.05, 0) is 76.6 Å². The first-order valence-corrected chi connectivity index (χ1v) is 15.7. The number of hydrogen-bond donors (Lipinski definition) is 3. The number of carboxylic acids is 1. The molecule has 1 saturated carbocycles. The molecule has 3 N–H and O–H groups in total. The van der Waals surface area contributed by atoms with E-state index >= 15 is 0 Å². The molecule has 1 amide bonds. The van der Waals surface area contributed by atoms with Gasteiger partial charge in [0.25, 0.3) is 5.91 Å². The highest BCUT2D eigenvalue weighted by molar-refractivity contribution is 7.89. The molecule has 2 aromatic rings. The Morgan fingerprint density at radius 3 is 2.20 bits per heavy atom. The molecule has 44 heavy (non-hydrogen) atoms. The Morgan fingerprint density at radius 2 is 1.66 bits per heavy atom. The zero-order valence-electron chi connectivity index (χ0n) is 24.8. The molecule has 15 heteroatoms. The van der Waals surface area contributed by atoms with Gasteiger partial charge in [-0.25, -0.2) is 8.42 Å². The van der Waals surface area contributed by atoms with E-state index in [4.69, 9.17) is 0 Å². The van der Waals surface area contributed by atoms with Gasteiger partial charge in [0.05, 0.1) is 21.4 Å². The van der Waals surface area contributed by atoms with Crippen LogP contribution in [0.1, 0.15) is 80.9 Å². The average Bonchev–Trinajstić information content (AvgIpc) is 3.23. The number of carboxylic acid groups (broad SMARTS) is 1. The van der Waals surface area contributed by atoms with Gasteiger partial charge in [-0.2, -0.15) is 31.1 Å². The summed E-state index contributed by atoms with van der Waals surface area (Å²) in [6.07, 6.45) is -5.40. The zero-order chi connectivity index (χ0) is 33.3. The molecule has 1 aromatic heterocycles. The van der Waals surface area contributed by atoms with Crippen molar-refractivity contribution < 1.29 is 49.5 Å². The molecule has 1 aliphatic carbocycles. The van der Waals surface area contributed by atoms with Crippen LogP contribution in [0.4, 0.5) is 26.3 Å². The van der Waals surface area contributed by atoms with Crippen LogP contribution in [-0.4, -0.2) is 48.7 Å². The number of alkyl halides is 6. The van der Waals surface area contributed by atoms with E-state index in [1.165, 1.54) is 24.6 Å². The molecule has 3 rings (SSSR count). The predicted molar refractivity (Wildman–Crippen MR) is 150 cm³/mol. The molecule has 1 heterocycles. The fourth-order valence-corrected chi connectivity index (χ4v) is 6.61. The Morgan fingerprint density at radius 1 is 1.05 bits per heavy atom. The van der Waals surface area contributed by atoms with E-state index < -0.39 is 56.2 Å². The quantitative estimate of drug-likeness (QED) is 0.239. The van der Waals surface area contributed by atoms with Crippen LogP contribution in [0.15, 0.2) is 29.2 Å². The number of sulfonamides is 1. The van der Waals surface area contributed by atoms with Crippen molar-refractivity contribution in [2.75, 3.05) is 6.54 Å². The third-order valence-corrected chi connectivity index (χ3v) is 9.68. The molecular weight excluding hydrogens is 616 g/mol. The van der Waals surface area contributed by atoms with Gasteiger partial charge in [0.2, 0.25) is 10.0 Å². The first-order chi connectivity index (χ1) is 20.1. The number of nitrogens with one attached hydrogen (secondary N) is 2. The number of carbonyl (C=O) groups is 2. The number of amides is 1. The number of benzene rings is 1. The lowest BCUT2D eigenvalue weighted by atomic mass is 9.89. The molecule has 1 fully saturated rings. The summed E-state index contributed by atoms with van der Waals surface area (Å²) >= 11 is 0. The summed E-state index contributed by atoms with van der Waals surface area (Å²) in [5.74, 6) is -1.43. The van der Waals surface area contributed by atoms with Crippen molar-refractivity contribution in [3.63, 3.8) is 0 Å². The molecule has 1 aliphatic rings. The minimum atomic E-state index is -5.24. The van der Waals surface area contributed by atoms with Crippen molar-refractivity contribution in [2.45, 2.75) is 96.1 Å². The van der Waals surface area contributed by atoms with Crippen molar-refractivity contribution in [1.82, 2.24) is 14.6 Å². The van der Waals surface area contributed by atoms with Gasteiger partial charge in [0.15, 0.2) is 0 Å². The van der Waals surface area contributed by atoms with E-state index in [2.05, 4.69) is 5.32 Å². The molecule has 0 spiro atoms. The van der Waals surface area contributed by atoms with Crippen LogP contribution in [0.5, 0.6) is 0 Å². The van der Waals surface area contributed by atoms with Crippen molar-refractivity contribution in [3.05, 3.63) is 41.1 Å². The van der Waals surface area contributed by atoms with Crippen LogP contribution in [-0.2, 0) is 27.5 Å². The van der Waals surface area contributed by atoms with E-state index in [9.17, 15) is 49.5 Å². The standard InChI is InChI=1S/C29H37F6N3O5S/c1-17-21(25(39)36-13-12-27(3,4)26(40)41)15-23(38(17)16-19-8-6-5-7-9-19)20-10-11-24(22(14-20)29(33,34)35)44(42,43)37-18(2)28(30,31)32/h10-11,14-15,18-19,37H,5-9,12-13,16H2,1-4H3,(H,36,39)(H,40,41). The fourth-order valence-electron chi connectivity index (χ4n) is 5.18. The second-order valence-corrected chi connectivity index (χ2v) is 13.6. The summed E-state index contributed by atoms with van der Waals surface area (Å²) < 4.78 is 110. The number of carbonyl (C=O) groups excluding carboxylic acids is 1. The number of halogens is 6. The van der Waals surface area contributed by atoms with E-state index in [0.717, 1.165) is 38.2 Å². The Labute approximate surface area is 252 Å². The molecule has 0 saturated heterocycles. The Kier molecular flexibility index (Phi) is 10.6. The molecule has 1 aromatic carbocycles. The summed E-state index contributed by atoms with van der Waals surface area (Å²) in [5, 5.41) is 12.0. The van der Waals surface area contributed by atoms with Gasteiger partial charge in [-0.3, -0.25) is 9.59 Å². The van der Waals surface area contributed by atoms with Gasteiger partial charge in [-0.15, -0.1) is 0 Å². The maximum Gasteiger partial charge on any atom is 0.417 e. The normalized spacial score (nSPS) is 16.1. The molecule has 0 aliphatic heterocycles. The average molecular weight is 654 g/mol. The fraction of sp³-hybridized carbons (Fsp3) is 0.586. The first-order valence-electron chi connectivity index (χ1n) is 14.2. The lowest BCUT2D eigenvalue weighted by Gasteiger charge is -2.25. The maximum atomic E-state index is 14.2. The minimum Gasteiger partial charge on any atom is -0.481 e. The Balaban J connectivity index is 2.08. The highest BCUT2D eigenvalue weighted by atomic mass is 32.2. The van der Waals surface area contributed by atoms with Crippen LogP contribution in [0.3, 0.4) is 0 Å². The molecule has 8 nitrogen and oxygen atoms in total.